The normalized spacial score (nSPS) is 10.9. The van der Waals surface area contributed by atoms with Gasteiger partial charge in [0.1, 0.15) is 11.1 Å². The van der Waals surface area contributed by atoms with Crippen molar-refractivity contribution in [2.45, 2.75) is 18.2 Å². The molecule has 124 valence electrons. The second-order valence-corrected chi connectivity index (χ2v) is 6.28. The molecule has 0 saturated heterocycles. The molecule has 1 heterocycles. The maximum Gasteiger partial charge on any atom is 0.278 e. The first-order valence-corrected chi connectivity index (χ1v) is 8.44. The Balaban J connectivity index is 2.02. The number of nitrogens with one attached hydrogen (secondary N) is 1. The van der Waals surface area contributed by atoms with Gasteiger partial charge < -0.3 is 20.1 Å². The fraction of sp³-hybridized carbons (Fsp3) is 0.176. The number of carbonyl (C=O) groups is 1. The van der Waals surface area contributed by atoms with Crippen LogP contribution in [0.5, 0.6) is 11.5 Å². The van der Waals surface area contributed by atoms with Crippen molar-refractivity contribution in [1.29, 1.82) is 0 Å². The number of thioether (sulfide) groups is 1. The molecular weight excluding hydrogens is 328 g/mol. The third kappa shape index (κ3) is 3.03. The van der Waals surface area contributed by atoms with Crippen molar-refractivity contribution in [2.75, 3.05) is 11.1 Å². The lowest BCUT2D eigenvalue weighted by atomic mass is 10.1. The molecule has 3 aromatic rings. The maximum absolute atomic E-state index is 12.4. The third-order valence-electron chi connectivity index (χ3n) is 3.37. The van der Waals surface area contributed by atoms with E-state index in [4.69, 9.17) is 4.52 Å². The number of nitrogens with zero attached hydrogens (tertiary/aromatic N) is 1. The molecule has 0 fully saturated rings. The highest BCUT2D eigenvalue weighted by molar-refractivity contribution is 7.99. The summed E-state index contributed by atoms with van der Waals surface area (Å²) in [6.07, 6.45) is 0.911. The smallest absolute Gasteiger partial charge is 0.278 e. The van der Waals surface area contributed by atoms with E-state index in [9.17, 15) is 15.0 Å². The molecule has 3 rings (SSSR count). The van der Waals surface area contributed by atoms with Gasteiger partial charge in [-0.15, -0.1) is 11.8 Å². The minimum atomic E-state index is -0.521. The van der Waals surface area contributed by atoms with E-state index < -0.39 is 5.91 Å². The molecule has 6 nitrogen and oxygen atoms in total. The van der Waals surface area contributed by atoms with Crippen LogP contribution in [-0.2, 0) is 0 Å². The summed E-state index contributed by atoms with van der Waals surface area (Å²) in [5, 5.41) is 27.1. The Bertz CT molecular complexity index is 877. The highest BCUT2D eigenvalue weighted by Crippen LogP contribution is 2.42. The van der Waals surface area contributed by atoms with Crippen molar-refractivity contribution in [3.05, 3.63) is 42.1 Å². The summed E-state index contributed by atoms with van der Waals surface area (Å²) in [6, 6.07) is 10.3. The third-order valence-corrected chi connectivity index (χ3v) is 4.61. The molecule has 2 aromatic carbocycles. The average Bonchev–Trinajstić information content (AvgIpc) is 3.04. The number of fused-ring (bicyclic) bond motifs is 1. The largest absolute Gasteiger partial charge is 0.506 e. The Morgan fingerprint density at radius 3 is 2.75 bits per heavy atom. The van der Waals surface area contributed by atoms with Gasteiger partial charge in [0.15, 0.2) is 11.4 Å². The van der Waals surface area contributed by atoms with Gasteiger partial charge >= 0.3 is 0 Å². The van der Waals surface area contributed by atoms with E-state index in [1.807, 2.05) is 13.0 Å². The number of amides is 1. The molecule has 0 spiro atoms. The predicted molar refractivity (Wildman–Crippen MR) is 92.7 cm³/mol. The van der Waals surface area contributed by atoms with E-state index >= 15 is 0 Å². The zero-order valence-electron chi connectivity index (χ0n) is 12.9. The SMILES string of the molecule is CCCSc1cc(O)c2onc(C(=O)Nc3ccccc3)c2c1O. The molecule has 0 saturated carbocycles. The first-order chi connectivity index (χ1) is 11.6. The van der Waals surface area contributed by atoms with E-state index in [0.717, 1.165) is 12.2 Å². The van der Waals surface area contributed by atoms with Crippen molar-refractivity contribution in [3.8, 4) is 11.5 Å². The van der Waals surface area contributed by atoms with Crippen LogP contribution in [0, 0.1) is 0 Å². The van der Waals surface area contributed by atoms with E-state index in [1.54, 1.807) is 24.3 Å². The molecule has 7 heteroatoms. The first-order valence-electron chi connectivity index (χ1n) is 7.45. The van der Waals surface area contributed by atoms with Crippen LogP contribution in [0.3, 0.4) is 0 Å². The van der Waals surface area contributed by atoms with E-state index in [1.165, 1.54) is 17.8 Å². The molecule has 3 N–H and O–H groups in total. The van der Waals surface area contributed by atoms with Gasteiger partial charge in [-0.3, -0.25) is 4.79 Å². The lowest BCUT2D eigenvalue weighted by molar-refractivity contribution is 0.101. The van der Waals surface area contributed by atoms with Gasteiger partial charge in [0.05, 0.1) is 4.90 Å². The van der Waals surface area contributed by atoms with Crippen LogP contribution in [0.4, 0.5) is 5.69 Å². The van der Waals surface area contributed by atoms with Gasteiger partial charge in [-0.05, 0) is 24.3 Å². The summed E-state index contributed by atoms with van der Waals surface area (Å²) in [4.78, 5) is 12.9. The summed E-state index contributed by atoms with van der Waals surface area (Å²) >= 11 is 1.39. The van der Waals surface area contributed by atoms with Gasteiger partial charge in [0.25, 0.3) is 5.91 Å². The average molecular weight is 344 g/mol. The monoisotopic (exact) mass is 344 g/mol. The summed E-state index contributed by atoms with van der Waals surface area (Å²) in [6.45, 7) is 2.01. The molecule has 0 aliphatic heterocycles. The Hall–Kier alpha value is -2.67. The van der Waals surface area contributed by atoms with Crippen molar-refractivity contribution >= 4 is 34.3 Å². The van der Waals surface area contributed by atoms with Crippen molar-refractivity contribution in [3.63, 3.8) is 0 Å². The van der Waals surface area contributed by atoms with Crippen molar-refractivity contribution < 1.29 is 19.5 Å². The molecule has 0 atom stereocenters. The lowest BCUT2D eigenvalue weighted by Crippen LogP contribution is -2.12. The molecule has 0 radical (unpaired) electrons. The second kappa shape index (κ2) is 6.84. The van der Waals surface area contributed by atoms with Crippen LogP contribution in [0.25, 0.3) is 11.0 Å². The van der Waals surface area contributed by atoms with Crippen LogP contribution in [0.15, 0.2) is 45.8 Å². The molecule has 0 unspecified atom stereocenters. The number of carbonyl (C=O) groups excluding carboxylic acids is 1. The van der Waals surface area contributed by atoms with E-state index in [0.29, 0.717) is 10.6 Å². The standard InChI is InChI=1S/C17H16N2O4S/c1-2-8-24-12-9-11(20)16-13(15(12)21)14(19-23-16)17(22)18-10-6-4-3-5-7-10/h3-7,9,20-21H,2,8H2,1H3,(H,18,22). The number of phenols is 2. The molecule has 0 aliphatic rings. The van der Waals surface area contributed by atoms with Crippen molar-refractivity contribution in [2.24, 2.45) is 0 Å². The van der Waals surface area contributed by atoms with Crippen LogP contribution in [0.1, 0.15) is 23.8 Å². The quantitative estimate of drug-likeness (QED) is 0.478. The van der Waals surface area contributed by atoms with Gasteiger partial charge in [0.2, 0.25) is 5.58 Å². The molecule has 1 amide bonds. The number of phenolic OH excluding ortho intramolecular Hbond substituents is 2. The Kier molecular flexibility index (Phi) is 4.61. The van der Waals surface area contributed by atoms with E-state index in [2.05, 4.69) is 10.5 Å². The van der Waals surface area contributed by atoms with Crippen LogP contribution >= 0.6 is 11.8 Å². The first kappa shape index (κ1) is 16.2. The number of rotatable bonds is 5. The van der Waals surface area contributed by atoms with Gasteiger partial charge in [-0.25, -0.2) is 0 Å². The van der Waals surface area contributed by atoms with Crippen LogP contribution < -0.4 is 5.32 Å². The lowest BCUT2D eigenvalue weighted by Gasteiger charge is -2.07. The summed E-state index contributed by atoms with van der Waals surface area (Å²) in [7, 11) is 0. The zero-order valence-corrected chi connectivity index (χ0v) is 13.8. The Morgan fingerprint density at radius 1 is 1.29 bits per heavy atom. The number of hydrogen-bond acceptors (Lipinski definition) is 6. The Morgan fingerprint density at radius 2 is 2.04 bits per heavy atom. The minimum absolute atomic E-state index is 0.00781. The number of hydrogen-bond donors (Lipinski definition) is 3. The molecule has 0 aliphatic carbocycles. The summed E-state index contributed by atoms with van der Waals surface area (Å²) in [5.41, 5.74) is 0.519. The molecule has 24 heavy (non-hydrogen) atoms. The Labute approximate surface area is 142 Å². The minimum Gasteiger partial charge on any atom is -0.506 e. The predicted octanol–water partition coefficient (Wildman–Crippen LogP) is 3.99. The highest BCUT2D eigenvalue weighted by Gasteiger charge is 2.24. The number of aromatic hydroxyl groups is 2. The maximum atomic E-state index is 12.4. The molecule has 0 bridgehead atoms. The van der Waals surface area contributed by atoms with E-state index in [-0.39, 0.29) is 28.2 Å². The van der Waals surface area contributed by atoms with Gasteiger partial charge in [0, 0.05) is 11.8 Å². The van der Waals surface area contributed by atoms with Crippen LogP contribution in [-0.4, -0.2) is 27.0 Å². The topological polar surface area (TPSA) is 95.6 Å². The van der Waals surface area contributed by atoms with Gasteiger partial charge in [-0.1, -0.05) is 30.3 Å². The fourth-order valence-electron chi connectivity index (χ4n) is 2.25. The molecular formula is C17H16N2O4S. The number of anilines is 1. The summed E-state index contributed by atoms with van der Waals surface area (Å²) < 4.78 is 5.05. The fourth-order valence-corrected chi connectivity index (χ4v) is 3.11. The zero-order chi connectivity index (χ0) is 17.1. The second-order valence-electron chi connectivity index (χ2n) is 5.15. The molecule has 1 aromatic heterocycles. The number of benzene rings is 2. The summed E-state index contributed by atoms with van der Waals surface area (Å²) in [5.74, 6) is -0.0179. The van der Waals surface area contributed by atoms with Crippen LogP contribution in [0.2, 0.25) is 0 Å². The van der Waals surface area contributed by atoms with Crippen molar-refractivity contribution in [1.82, 2.24) is 5.16 Å². The highest BCUT2D eigenvalue weighted by atomic mass is 32.2. The van der Waals surface area contributed by atoms with Gasteiger partial charge in [-0.2, -0.15) is 0 Å². The number of aromatic nitrogens is 1. The number of para-hydroxylation sites is 1.